The van der Waals surface area contributed by atoms with Gasteiger partial charge in [0.05, 0.1) is 0 Å². The number of urea groups is 1. The van der Waals surface area contributed by atoms with Crippen molar-refractivity contribution in [2.45, 2.75) is 31.4 Å². The minimum atomic E-state index is -0.405. The van der Waals surface area contributed by atoms with Crippen LogP contribution >= 0.6 is 0 Å². The number of carbonyl (C=O) groups is 2. The number of fused-ring (bicyclic) bond motifs is 4. The third kappa shape index (κ3) is 4.77. The Morgan fingerprint density at radius 2 is 2.05 bits per heavy atom. The summed E-state index contributed by atoms with van der Waals surface area (Å²) in [4.78, 5) is 34.5. The lowest BCUT2D eigenvalue weighted by molar-refractivity contribution is -0.116. The SMILES string of the molecule is CN(C)Cc1ccc(NC(=O)/N=C/C2[C@H]3Oc4ccc(Oc5ccnc6c5CCC(=O)N6)cc4[C@@H]23)cc1. The number of hydrogen-bond donors (Lipinski definition) is 2. The number of ether oxygens (including phenoxy) is 2. The minimum Gasteiger partial charge on any atom is -0.489 e. The van der Waals surface area contributed by atoms with Gasteiger partial charge in [0.25, 0.3) is 0 Å². The van der Waals surface area contributed by atoms with E-state index in [9.17, 15) is 9.59 Å². The van der Waals surface area contributed by atoms with Gasteiger partial charge in [-0.1, -0.05) is 12.1 Å². The zero-order valence-corrected chi connectivity index (χ0v) is 20.6. The maximum atomic E-state index is 12.4. The van der Waals surface area contributed by atoms with Crippen molar-refractivity contribution < 1.29 is 19.1 Å². The first kappa shape index (κ1) is 23.2. The van der Waals surface area contributed by atoms with Crippen molar-refractivity contribution in [3.63, 3.8) is 0 Å². The fraction of sp³-hybridized carbons (Fsp3) is 0.286. The molecule has 3 atom stereocenters. The standard InChI is InChI=1S/C28H27N5O4/c1-33(2)15-16-3-5-17(6-4-16)31-28(35)30-14-21-25-20-13-18(7-9-22(20)37-26(21)25)36-23-11-12-29-27-19(23)8-10-24(34)32-27/h3-7,9,11-14,21,25-26H,8,10,15H2,1-2H3,(H,31,35)(H,29,32,34)/b30-14+/t21?,25-,26+/m0/s1. The molecule has 2 aromatic carbocycles. The van der Waals surface area contributed by atoms with Crippen LogP contribution in [0, 0.1) is 5.92 Å². The Bertz CT molecular complexity index is 1400. The van der Waals surface area contributed by atoms with Gasteiger partial charge in [-0.15, -0.1) is 0 Å². The molecular weight excluding hydrogens is 470 g/mol. The van der Waals surface area contributed by atoms with E-state index in [-0.39, 0.29) is 23.8 Å². The van der Waals surface area contributed by atoms with Crippen molar-refractivity contribution in [3.8, 4) is 17.2 Å². The first-order valence-electron chi connectivity index (χ1n) is 12.3. The van der Waals surface area contributed by atoms with Gasteiger partial charge in [0.2, 0.25) is 5.91 Å². The summed E-state index contributed by atoms with van der Waals surface area (Å²) in [5.41, 5.74) is 3.83. The van der Waals surface area contributed by atoms with Crippen LogP contribution in [0.3, 0.4) is 0 Å². The van der Waals surface area contributed by atoms with E-state index < -0.39 is 6.03 Å². The average Bonchev–Trinajstić information content (AvgIpc) is 3.42. The number of aromatic nitrogens is 1. The molecule has 1 aromatic heterocycles. The molecule has 1 saturated carbocycles. The van der Waals surface area contributed by atoms with Crippen LogP contribution in [0.5, 0.6) is 17.2 Å². The Hall–Kier alpha value is -4.24. The van der Waals surface area contributed by atoms with Crippen LogP contribution in [0.25, 0.3) is 0 Å². The molecule has 188 valence electrons. The van der Waals surface area contributed by atoms with Crippen LogP contribution in [0.2, 0.25) is 0 Å². The minimum absolute atomic E-state index is 0.0176. The predicted octanol–water partition coefficient (Wildman–Crippen LogP) is 4.60. The van der Waals surface area contributed by atoms with E-state index in [0.29, 0.717) is 35.8 Å². The Morgan fingerprint density at radius 3 is 2.86 bits per heavy atom. The highest BCUT2D eigenvalue weighted by Crippen LogP contribution is 2.58. The highest BCUT2D eigenvalue weighted by molar-refractivity contribution is 5.96. The predicted molar refractivity (Wildman–Crippen MR) is 140 cm³/mol. The molecule has 1 aliphatic carbocycles. The molecule has 9 nitrogen and oxygen atoms in total. The van der Waals surface area contributed by atoms with Gasteiger partial charge in [-0.3, -0.25) is 4.79 Å². The summed E-state index contributed by atoms with van der Waals surface area (Å²) >= 11 is 0. The Kier molecular flexibility index (Phi) is 5.84. The van der Waals surface area contributed by atoms with Crippen molar-refractivity contribution >= 4 is 29.7 Å². The molecular formula is C28H27N5O4. The summed E-state index contributed by atoms with van der Waals surface area (Å²) < 4.78 is 12.2. The van der Waals surface area contributed by atoms with Crippen LogP contribution in [0.15, 0.2) is 59.7 Å². The van der Waals surface area contributed by atoms with Gasteiger partial charge in [0.1, 0.15) is 29.2 Å². The van der Waals surface area contributed by atoms with Gasteiger partial charge in [-0.05, 0) is 62.5 Å². The molecule has 3 aliphatic rings. The third-order valence-corrected chi connectivity index (χ3v) is 6.78. The van der Waals surface area contributed by atoms with Gasteiger partial charge in [0, 0.05) is 54.0 Å². The largest absolute Gasteiger partial charge is 0.489 e. The fourth-order valence-corrected chi connectivity index (χ4v) is 4.97. The van der Waals surface area contributed by atoms with Crippen LogP contribution < -0.4 is 20.1 Å². The molecule has 1 unspecified atom stereocenters. The highest BCUT2D eigenvalue weighted by atomic mass is 16.5. The second kappa shape index (κ2) is 9.33. The number of hydrogen-bond acceptors (Lipinski definition) is 6. The third-order valence-electron chi connectivity index (χ3n) is 6.78. The lowest BCUT2D eigenvalue weighted by Crippen LogP contribution is -2.20. The lowest BCUT2D eigenvalue weighted by Gasteiger charge is -2.19. The zero-order chi connectivity index (χ0) is 25.5. The molecule has 0 saturated heterocycles. The number of nitrogens with one attached hydrogen (secondary N) is 2. The number of amides is 3. The first-order valence-corrected chi connectivity index (χ1v) is 12.3. The van der Waals surface area contributed by atoms with Gasteiger partial charge in [-0.25, -0.2) is 14.8 Å². The fourth-order valence-electron chi connectivity index (χ4n) is 4.97. The summed E-state index contributed by atoms with van der Waals surface area (Å²) in [6.07, 6.45) is 4.29. The van der Waals surface area contributed by atoms with Crippen molar-refractivity contribution in [2.24, 2.45) is 10.9 Å². The van der Waals surface area contributed by atoms with Crippen molar-refractivity contribution in [1.82, 2.24) is 9.88 Å². The maximum Gasteiger partial charge on any atom is 0.345 e. The molecule has 3 aromatic rings. The number of aliphatic imine (C=N–C) groups is 1. The summed E-state index contributed by atoms with van der Waals surface area (Å²) in [5, 5.41) is 5.61. The molecule has 6 rings (SSSR count). The molecule has 1 fully saturated rings. The maximum absolute atomic E-state index is 12.4. The van der Waals surface area contributed by atoms with E-state index in [1.165, 1.54) is 5.56 Å². The molecule has 0 bridgehead atoms. The lowest BCUT2D eigenvalue weighted by atomic mass is 10.1. The second-order valence-corrected chi connectivity index (χ2v) is 9.81. The Labute approximate surface area is 214 Å². The van der Waals surface area contributed by atoms with Crippen molar-refractivity contribution in [1.29, 1.82) is 0 Å². The number of carbonyl (C=O) groups excluding carboxylic acids is 2. The summed E-state index contributed by atoms with van der Waals surface area (Å²) in [5.74, 6) is 2.90. The molecule has 0 spiro atoms. The van der Waals surface area contributed by atoms with E-state index in [2.05, 4.69) is 25.5 Å². The highest BCUT2D eigenvalue weighted by Gasteiger charge is 2.58. The summed E-state index contributed by atoms with van der Waals surface area (Å²) in [6, 6.07) is 14.9. The number of anilines is 2. The Balaban J connectivity index is 1.09. The van der Waals surface area contributed by atoms with Gasteiger partial charge >= 0.3 is 6.03 Å². The quantitative estimate of drug-likeness (QED) is 0.483. The van der Waals surface area contributed by atoms with E-state index in [1.807, 2.05) is 62.6 Å². The summed E-state index contributed by atoms with van der Waals surface area (Å²) in [6.45, 7) is 0.841. The van der Waals surface area contributed by atoms with Crippen molar-refractivity contribution in [2.75, 3.05) is 24.7 Å². The zero-order valence-electron chi connectivity index (χ0n) is 20.6. The van der Waals surface area contributed by atoms with Crippen LogP contribution in [0.4, 0.5) is 16.3 Å². The van der Waals surface area contributed by atoms with Gasteiger partial charge in [0.15, 0.2) is 0 Å². The number of nitrogens with zero attached hydrogens (tertiary/aromatic N) is 3. The average molecular weight is 498 g/mol. The molecule has 0 radical (unpaired) electrons. The monoisotopic (exact) mass is 497 g/mol. The number of benzene rings is 2. The number of rotatable bonds is 6. The molecule has 3 heterocycles. The van der Waals surface area contributed by atoms with Crippen LogP contribution in [-0.2, 0) is 17.8 Å². The van der Waals surface area contributed by atoms with Crippen molar-refractivity contribution in [3.05, 3.63) is 71.4 Å². The second-order valence-electron chi connectivity index (χ2n) is 9.81. The van der Waals surface area contributed by atoms with E-state index in [1.54, 1.807) is 12.4 Å². The van der Waals surface area contributed by atoms with E-state index in [0.717, 1.165) is 23.4 Å². The Morgan fingerprint density at radius 1 is 1.22 bits per heavy atom. The van der Waals surface area contributed by atoms with Crippen LogP contribution in [0.1, 0.15) is 29.0 Å². The molecule has 9 heteroatoms. The molecule has 2 N–H and O–H groups in total. The number of pyridine rings is 1. The normalized spacial score (nSPS) is 21.1. The molecule has 37 heavy (non-hydrogen) atoms. The summed E-state index contributed by atoms with van der Waals surface area (Å²) in [7, 11) is 4.03. The van der Waals surface area contributed by atoms with E-state index >= 15 is 0 Å². The van der Waals surface area contributed by atoms with Gasteiger partial charge in [-0.2, -0.15) is 0 Å². The van der Waals surface area contributed by atoms with Crippen LogP contribution in [-0.4, -0.2) is 48.2 Å². The smallest absolute Gasteiger partial charge is 0.345 e. The van der Waals surface area contributed by atoms with Gasteiger partial charge < -0.3 is 25.0 Å². The first-order chi connectivity index (χ1) is 17.9. The molecule has 3 amide bonds. The van der Waals surface area contributed by atoms with E-state index in [4.69, 9.17) is 9.47 Å². The topological polar surface area (TPSA) is 105 Å². The molecule has 2 aliphatic heterocycles.